The lowest BCUT2D eigenvalue weighted by atomic mass is 9.88. The Balaban J connectivity index is 3.46. The van der Waals surface area contributed by atoms with Crippen LogP contribution in [0, 0.1) is 5.41 Å². The Morgan fingerprint density at radius 3 is 2.10 bits per heavy atom. The molecule has 10 heavy (non-hydrogen) atoms. The lowest BCUT2D eigenvalue weighted by Crippen LogP contribution is -2.04. The van der Waals surface area contributed by atoms with Crippen molar-refractivity contribution in [1.82, 2.24) is 0 Å². The van der Waals surface area contributed by atoms with Gasteiger partial charge in [0.2, 0.25) is 0 Å². The summed E-state index contributed by atoms with van der Waals surface area (Å²) in [6, 6.07) is 0. The van der Waals surface area contributed by atoms with E-state index >= 15 is 0 Å². The summed E-state index contributed by atoms with van der Waals surface area (Å²) in [5, 5.41) is 0. The minimum atomic E-state index is 0.470. The molecule has 0 amide bonds. The maximum Gasteiger partial charge on any atom is -0.0318 e. The molecule has 0 spiro atoms. The van der Waals surface area contributed by atoms with Gasteiger partial charge in [-0.1, -0.05) is 39.8 Å². The van der Waals surface area contributed by atoms with Crippen LogP contribution in [0.5, 0.6) is 0 Å². The molecule has 0 aliphatic heterocycles. The Hall–Kier alpha value is -0.260. The first-order chi connectivity index (χ1) is 4.45. The summed E-state index contributed by atoms with van der Waals surface area (Å²) in [6.45, 7) is 13.0. The summed E-state index contributed by atoms with van der Waals surface area (Å²) in [6.07, 6.45) is 3.59. The van der Waals surface area contributed by atoms with Crippen LogP contribution in [-0.2, 0) is 0 Å². The number of hydrogen-bond donors (Lipinski definition) is 0. The van der Waals surface area contributed by atoms with Gasteiger partial charge in [-0.3, -0.25) is 0 Å². The fourth-order valence-electron chi connectivity index (χ4n) is 0.729. The van der Waals surface area contributed by atoms with Gasteiger partial charge >= 0.3 is 0 Å². The lowest BCUT2D eigenvalue weighted by molar-refractivity contribution is 0.376. The molecule has 60 valence electrons. The summed E-state index contributed by atoms with van der Waals surface area (Å²) < 4.78 is 0. The first kappa shape index (κ1) is 9.74. The topological polar surface area (TPSA) is 0 Å². The third-order valence-electron chi connectivity index (χ3n) is 1.73. The molecule has 0 aromatic rings. The highest BCUT2D eigenvalue weighted by Gasteiger charge is 2.09. The summed E-state index contributed by atoms with van der Waals surface area (Å²) in [5.41, 5.74) is 1.85. The molecule has 0 unspecified atom stereocenters. The quantitative estimate of drug-likeness (QED) is 0.523. The lowest BCUT2D eigenvalue weighted by Gasteiger charge is -2.17. The Labute approximate surface area is 65.3 Å². The molecule has 0 heteroatoms. The second-order valence-corrected chi connectivity index (χ2v) is 4.16. The van der Waals surface area contributed by atoms with E-state index in [9.17, 15) is 0 Å². The highest BCUT2D eigenvalue weighted by molar-refractivity contribution is 4.93. The second-order valence-electron chi connectivity index (χ2n) is 4.16. The number of hydrogen-bond acceptors (Lipinski definition) is 0. The third-order valence-corrected chi connectivity index (χ3v) is 1.73. The van der Waals surface area contributed by atoms with Crippen molar-refractivity contribution in [3.8, 4) is 0 Å². The van der Waals surface area contributed by atoms with Crippen LogP contribution in [0.2, 0.25) is 0 Å². The molecular weight excluding hydrogens is 120 g/mol. The van der Waals surface area contributed by atoms with Crippen molar-refractivity contribution in [2.75, 3.05) is 0 Å². The van der Waals surface area contributed by atoms with Gasteiger partial charge in [-0.15, -0.1) is 0 Å². The van der Waals surface area contributed by atoms with E-state index in [1.807, 2.05) is 0 Å². The van der Waals surface area contributed by atoms with Crippen LogP contribution >= 0.6 is 0 Å². The highest BCUT2D eigenvalue weighted by Crippen LogP contribution is 2.23. The average Bonchev–Trinajstić information content (AvgIpc) is 1.81. The zero-order valence-electron chi connectivity index (χ0n) is 7.83. The van der Waals surface area contributed by atoms with Gasteiger partial charge in [0.05, 0.1) is 0 Å². The van der Waals surface area contributed by atoms with Gasteiger partial charge in [-0.05, 0) is 24.7 Å². The smallest absolute Gasteiger partial charge is 0.0318 e. The molecule has 0 N–H and O–H groups in total. The van der Waals surface area contributed by atoms with Crippen molar-refractivity contribution in [2.24, 2.45) is 5.41 Å². The zero-order valence-corrected chi connectivity index (χ0v) is 7.83. The zero-order chi connectivity index (χ0) is 8.20. The van der Waals surface area contributed by atoms with Crippen molar-refractivity contribution < 1.29 is 0 Å². The normalized spacial score (nSPS) is 11.6. The summed E-state index contributed by atoms with van der Waals surface area (Å²) in [5.74, 6) is 0. The van der Waals surface area contributed by atoms with Gasteiger partial charge in [0.15, 0.2) is 0 Å². The van der Waals surface area contributed by atoms with Crippen LogP contribution in [-0.4, -0.2) is 0 Å². The third kappa shape index (κ3) is 5.87. The molecule has 0 aromatic heterocycles. The molecule has 0 atom stereocenters. The van der Waals surface area contributed by atoms with Crippen LogP contribution in [0.1, 0.15) is 47.0 Å². The summed E-state index contributed by atoms with van der Waals surface area (Å²) in [4.78, 5) is 0. The fraction of sp³-hybridized carbons (Fsp3) is 0.800. The second kappa shape index (κ2) is 3.80. The predicted octanol–water partition coefficient (Wildman–Crippen LogP) is 3.78. The molecule has 0 nitrogen and oxygen atoms in total. The molecule has 0 aromatic carbocycles. The molecule has 0 radical (unpaired) electrons. The maximum atomic E-state index is 3.98. The van der Waals surface area contributed by atoms with Gasteiger partial charge in [0.25, 0.3) is 0 Å². The van der Waals surface area contributed by atoms with Crippen molar-refractivity contribution in [1.29, 1.82) is 0 Å². The van der Waals surface area contributed by atoms with Gasteiger partial charge in [-0.25, -0.2) is 0 Å². The Bertz CT molecular complexity index is 104. The van der Waals surface area contributed by atoms with Crippen LogP contribution in [0.15, 0.2) is 12.2 Å². The largest absolute Gasteiger partial charge is 0.0999 e. The van der Waals surface area contributed by atoms with Gasteiger partial charge in [0, 0.05) is 0 Å². The molecule has 0 aliphatic carbocycles. The van der Waals surface area contributed by atoms with Crippen LogP contribution in [0.25, 0.3) is 0 Å². The molecular formula is C10H20. The minimum Gasteiger partial charge on any atom is -0.0999 e. The Morgan fingerprint density at radius 1 is 1.30 bits per heavy atom. The number of allylic oxidation sites excluding steroid dienone is 1. The first-order valence-corrected chi connectivity index (χ1v) is 4.12. The summed E-state index contributed by atoms with van der Waals surface area (Å²) in [7, 11) is 0. The Kier molecular flexibility index (Phi) is 3.70. The van der Waals surface area contributed by atoms with Crippen molar-refractivity contribution >= 4 is 0 Å². The van der Waals surface area contributed by atoms with Crippen LogP contribution < -0.4 is 0 Å². The van der Waals surface area contributed by atoms with Crippen molar-refractivity contribution in [3.63, 3.8) is 0 Å². The molecule has 0 bridgehead atoms. The van der Waals surface area contributed by atoms with E-state index in [0.717, 1.165) is 6.42 Å². The first-order valence-electron chi connectivity index (χ1n) is 4.12. The minimum absolute atomic E-state index is 0.470. The van der Waals surface area contributed by atoms with Crippen molar-refractivity contribution in [2.45, 2.75) is 47.0 Å². The molecule has 0 aliphatic rings. The van der Waals surface area contributed by atoms with Gasteiger partial charge in [-0.2, -0.15) is 0 Å². The average molecular weight is 140 g/mol. The standard InChI is InChI=1S/C10H20/c1-6-9(2)7-8-10(3,4)5/h2,6-8H2,1,3-5H3. The van der Waals surface area contributed by atoms with Crippen LogP contribution in [0.4, 0.5) is 0 Å². The van der Waals surface area contributed by atoms with E-state index in [2.05, 4.69) is 34.3 Å². The highest BCUT2D eigenvalue weighted by atomic mass is 14.1. The molecule has 0 saturated heterocycles. The van der Waals surface area contributed by atoms with E-state index in [-0.39, 0.29) is 0 Å². The Morgan fingerprint density at radius 2 is 1.80 bits per heavy atom. The number of rotatable bonds is 3. The van der Waals surface area contributed by atoms with Crippen LogP contribution in [0.3, 0.4) is 0 Å². The fourth-order valence-corrected chi connectivity index (χ4v) is 0.729. The molecule has 0 rings (SSSR count). The SMILES string of the molecule is C=C(CC)CCC(C)(C)C. The van der Waals surface area contributed by atoms with Crippen molar-refractivity contribution in [3.05, 3.63) is 12.2 Å². The van der Waals surface area contributed by atoms with E-state index < -0.39 is 0 Å². The van der Waals surface area contributed by atoms with E-state index in [0.29, 0.717) is 5.41 Å². The maximum absolute atomic E-state index is 3.98. The monoisotopic (exact) mass is 140 g/mol. The molecule has 0 heterocycles. The van der Waals surface area contributed by atoms with E-state index in [4.69, 9.17) is 0 Å². The molecule has 0 fully saturated rings. The van der Waals surface area contributed by atoms with E-state index in [1.54, 1.807) is 0 Å². The van der Waals surface area contributed by atoms with Gasteiger partial charge < -0.3 is 0 Å². The van der Waals surface area contributed by atoms with E-state index in [1.165, 1.54) is 18.4 Å². The predicted molar refractivity (Wildman–Crippen MR) is 48.1 cm³/mol. The van der Waals surface area contributed by atoms with Gasteiger partial charge in [0.1, 0.15) is 0 Å². The molecule has 0 saturated carbocycles. The summed E-state index contributed by atoms with van der Waals surface area (Å²) >= 11 is 0.